The lowest BCUT2D eigenvalue weighted by molar-refractivity contribution is -0.120. The van der Waals surface area contributed by atoms with E-state index in [0.717, 1.165) is 16.7 Å². The van der Waals surface area contributed by atoms with E-state index < -0.39 is 0 Å². The number of amides is 1. The largest absolute Gasteiger partial charge is 0.465 e. The highest BCUT2D eigenvalue weighted by atomic mass is 16.5. The van der Waals surface area contributed by atoms with Crippen LogP contribution < -0.4 is 5.43 Å². The zero-order valence-corrected chi connectivity index (χ0v) is 16.6. The first-order valence-corrected chi connectivity index (χ1v) is 9.13. The molecular weight excluding hydrogens is 368 g/mol. The van der Waals surface area contributed by atoms with Crippen LogP contribution in [-0.2, 0) is 16.0 Å². The summed E-state index contributed by atoms with van der Waals surface area (Å²) in [4.78, 5) is 23.6. The van der Waals surface area contributed by atoms with Gasteiger partial charge in [0.05, 0.1) is 25.3 Å². The maximum atomic E-state index is 12.1. The molecule has 1 heterocycles. The van der Waals surface area contributed by atoms with Gasteiger partial charge in [-0.15, -0.1) is 0 Å². The van der Waals surface area contributed by atoms with Crippen molar-refractivity contribution in [1.29, 1.82) is 0 Å². The van der Waals surface area contributed by atoms with Gasteiger partial charge in [0.1, 0.15) is 11.5 Å². The van der Waals surface area contributed by atoms with Gasteiger partial charge in [-0.2, -0.15) is 5.10 Å². The zero-order chi connectivity index (χ0) is 20.8. The van der Waals surface area contributed by atoms with Crippen LogP contribution >= 0.6 is 0 Å². The molecular formula is C23H22N2O4. The number of furan rings is 1. The Bertz CT molecular complexity index is 1050. The van der Waals surface area contributed by atoms with Gasteiger partial charge >= 0.3 is 5.97 Å². The molecule has 0 aliphatic carbocycles. The van der Waals surface area contributed by atoms with Crippen LogP contribution in [0.1, 0.15) is 32.8 Å². The fourth-order valence-electron chi connectivity index (χ4n) is 2.89. The van der Waals surface area contributed by atoms with Crippen LogP contribution in [0.15, 0.2) is 64.1 Å². The lowest BCUT2D eigenvalue weighted by Gasteiger charge is -2.05. The van der Waals surface area contributed by atoms with E-state index in [0.29, 0.717) is 17.1 Å². The highest BCUT2D eigenvalue weighted by Gasteiger charge is 2.08. The molecule has 0 bridgehead atoms. The number of benzene rings is 2. The first kappa shape index (κ1) is 20.1. The molecule has 0 unspecified atom stereocenters. The van der Waals surface area contributed by atoms with E-state index in [1.165, 1.54) is 18.9 Å². The number of aryl methyl sites for hydroxylation is 2. The average molecular weight is 390 g/mol. The first-order valence-electron chi connectivity index (χ1n) is 9.13. The number of hydrogen-bond acceptors (Lipinski definition) is 5. The summed E-state index contributed by atoms with van der Waals surface area (Å²) in [7, 11) is 1.34. The molecule has 3 rings (SSSR count). The normalized spacial score (nSPS) is 10.9. The maximum Gasteiger partial charge on any atom is 0.337 e. The predicted octanol–water partition coefficient (Wildman–Crippen LogP) is 4.04. The van der Waals surface area contributed by atoms with Crippen molar-refractivity contribution in [3.05, 3.63) is 82.6 Å². The Kier molecular flexibility index (Phi) is 6.24. The SMILES string of the molecule is COC(=O)c1ccc(-c2ccc(/C=N\NC(=O)Cc3ccc(C)cc3C)o2)cc1. The quantitative estimate of drug-likeness (QED) is 0.391. The molecule has 2 aromatic carbocycles. The van der Waals surface area contributed by atoms with Crippen LogP contribution in [0, 0.1) is 13.8 Å². The van der Waals surface area contributed by atoms with Gasteiger partial charge in [-0.25, -0.2) is 10.2 Å². The fourth-order valence-corrected chi connectivity index (χ4v) is 2.89. The van der Waals surface area contributed by atoms with Crippen molar-refractivity contribution in [2.45, 2.75) is 20.3 Å². The molecule has 0 saturated heterocycles. The molecule has 29 heavy (non-hydrogen) atoms. The Hall–Kier alpha value is -3.67. The Morgan fingerprint density at radius 3 is 2.52 bits per heavy atom. The molecule has 1 amide bonds. The van der Waals surface area contributed by atoms with Gasteiger partial charge in [-0.3, -0.25) is 4.79 Å². The zero-order valence-electron chi connectivity index (χ0n) is 16.6. The van der Waals surface area contributed by atoms with Crippen LogP contribution in [-0.4, -0.2) is 25.2 Å². The topological polar surface area (TPSA) is 80.9 Å². The van der Waals surface area contributed by atoms with Crippen molar-refractivity contribution in [2.75, 3.05) is 7.11 Å². The Morgan fingerprint density at radius 2 is 1.83 bits per heavy atom. The maximum absolute atomic E-state index is 12.1. The lowest BCUT2D eigenvalue weighted by atomic mass is 10.0. The number of ether oxygens (including phenoxy) is 1. The van der Waals surface area contributed by atoms with E-state index in [1.807, 2.05) is 32.0 Å². The highest BCUT2D eigenvalue weighted by molar-refractivity contribution is 5.90. The highest BCUT2D eigenvalue weighted by Crippen LogP contribution is 2.22. The lowest BCUT2D eigenvalue weighted by Crippen LogP contribution is -2.20. The molecule has 0 saturated carbocycles. The third-order valence-electron chi connectivity index (χ3n) is 4.45. The van der Waals surface area contributed by atoms with Crippen LogP contribution in [0.5, 0.6) is 0 Å². The number of nitrogens with zero attached hydrogens (tertiary/aromatic N) is 1. The number of esters is 1. The van der Waals surface area contributed by atoms with E-state index in [-0.39, 0.29) is 18.3 Å². The fraction of sp³-hybridized carbons (Fsp3) is 0.174. The first-order chi connectivity index (χ1) is 14.0. The number of nitrogens with one attached hydrogen (secondary N) is 1. The molecule has 0 aliphatic heterocycles. The molecule has 3 aromatic rings. The summed E-state index contributed by atoms with van der Waals surface area (Å²) in [6, 6.07) is 16.4. The number of hydrazone groups is 1. The second-order valence-corrected chi connectivity index (χ2v) is 6.67. The van der Waals surface area contributed by atoms with Crippen LogP contribution in [0.3, 0.4) is 0 Å². The molecule has 0 atom stereocenters. The Balaban J connectivity index is 1.58. The number of carbonyl (C=O) groups is 2. The summed E-state index contributed by atoms with van der Waals surface area (Å²) >= 11 is 0. The molecule has 6 heteroatoms. The van der Waals surface area contributed by atoms with E-state index in [9.17, 15) is 9.59 Å². The van der Waals surface area contributed by atoms with E-state index in [4.69, 9.17) is 4.42 Å². The van der Waals surface area contributed by atoms with E-state index >= 15 is 0 Å². The molecule has 0 fully saturated rings. The molecule has 0 radical (unpaired) electrons. The van der Waals surface area contributed by atoms with Gasteiger partial charge < -0.3 is 9.15 Å². The summed E-state index contributed by atoms with van der Waals surface area (Å²) in [6.45, 7) is 4.01. The number of methoxy groups -OCH3 is 1. The Labute approximate surface area is 169 Å². The predicted molar refractivity (Wildman–Crippen MR) is 111 cm³/mol. The van der Waals surface area contributed by atoms with Gasteiger partial charge in [0, 0.05) is 5.56 Å². The average Bonchev–Trinajstić information content (AvgIpc) is 3.18. The molecule has 148 valence electrons. The minimum absolute atomic E-state index is 0.196. The summed E-state index contributed by atoms with van der Waals surface area (Å²) in [5, 5.41) is 3.96. The van der Waals surface area contributed by atoms with E-state index in [1.54, 1.807) is 36.4 Å². The third-order valence-corrected chi connectivity index (χ3v) is 4.45. The summed E-state index contributed by atoms with van der Waals surface area (Å²) in [5.74, 6) is 0.548. The molecule has 0 spiro atoms. The number of carbonyl (C=O) groups excluding carboxylic acids is 2. The van der Waals surface area contributed by atoms with E-state index in [2.05, 4.69) is 15.3 Å². The van der Waals surface area contributed by atoms with Crippen molar-refractivity contribution in [2.24, 2.45) is 5.10 Å². The standard InChI is InChI=1S/C23H22N2O4/c1-15-4-5-19(16(2)12-15)13-22(26)25-24-14-20-10-11-21(29-20)17-6-8-18(9-7-17)23(27)28-3/h4-12,14H,13H2,1-3H3,(H,25,26)/b24-14-. The van der Waals surface area contributed by atoms with Crippen molar-refractivity contribution in [3.8, 4) is 11.3 Å². The molecule has 6 nitrogen and oxygen atoms in total. The van der Waals surface area contributed by atoms with Crippen LogP contribution in [0.4, 0.5) is 0 Å². The van der Waals surface area contributed by atoms with Gasteiger partial charge in [0.2, 0.25) is 5.91 Å². The molecule has 1 N–H and O–H groups in total. The number of hydrogen-bond donors (Lipinski definition) is 1. The minimum atomic E-state index is -0.389. The van der Waals surface area contributed by atoms with Gasteiger partial charge in [-0.1, -0.05) is 35.9 Å². The van der Waals surface area contributed by atoms with Crippen molar-refractivity contribution in [3.63, 3.8) is 0 Å². The number of rotatable bonds is 6. The van der Waals surface area contributed by atoms with Crippen molar-refractivity contribution >= 4 is 18.1 Å². The third kappa shape index (κ3) is 5.19. The molecule has 0 aliphatic rings. The van der Waals surface area contributed by atoms with Gasteiger partial charge in [0.15, 0.2) is 0 Å². The van der Waals surface area contributed by atoms with Crippen LogP contribution in [0.25, 0.3) is 11.3 Å². The minimum Gasteiger partial charge on any atom is -0.465 e. The summed E-state index contributed by atoms with van der Waals surface area (Å²) in [6.07, 6.45) is 1.71. The van der Waals surface area contributed by atoms with Gasteiger partial charge in [-0.05, 0) is 49.2 Å². The summed E-state index contributed by atoms with van der Waals surface area (Å²) in [5.41, 5.74) is 7.02. The monoisotopic (exact) mass is 390 g/mol. The van der Waals surface area contributed by atoms with Crippen molar-refractivity contribution in [1.82, 2.24) is 5.43 Å². The molecule has 1 aromatic heterocycles. The second-order valence-electron chi connectivity index (χ2n) is 6.67. The van der Waals surface area contributed by atoms with Crippen LogP contribution in [0.2, 0.25) is 0 Å². The second kappa shape index (κ2) is 9.01. The van der Waals surface area contributed by atoms with Crippen molar-refractivity contribution < 1.29 is 18.7 Å². The Morgan fingerprint density at radius 1 is 1.07 bits per heavy atom. The smallest absolute Gasteiger partial charge is 0.337 e. The summed E-state index contributed by atoms with van der Waals surface area (Å²) < 4.78 is 10.4. The van der Waals surface area contributed by atoms with Gasteiger partial charge in [0.25, 0.3) is 0 Å².